The van der Waals surface area contributed by atoms with Crippen LogP contribution in [-0.4, -0.2) is 32.9 Å². The summed E-state index contributed by atoms with van der Waals surface area (Å²) in [6, 6.07) is 3.13. The Bertz CT molecular complexity index is 620. The van der Waals surface area contributed by atoms with Gasteiger partial charge in [-0.25, -0.2) is 8.42 Å². The normalized spacial score (nSPS) is 20.1. The summed E-state index contributed by atoms with van der Waals surface area (Å²) in [7, 11) is -1.81. The summed E-state index contributed by atoms with van der Waals surface area (Å²) in [5.74, 6) is 0.425. The van der Waals surface area contributed by atoms with E-state index in [-0.39, 0.29) is 9.92 Å². The highest BCUT2D eigenvalue weighted by Gasteiger charge is 2.33. The lowest BCUT2D eigenvalue weighted by Gasteiger charge is -2.19. The van der Waals surface area contributed by atoms with E-state index in [2.05, 4.69) is 12.2 Å². The van der Waals surface area contributed by atoms with Crippen molar-refractivity contribution in [3.05, 3.63) is 27.7 Å². The van der Waals surface area contributed by atoms with Gasteiger partial charge in [0.25, 0.3) is 0 Å². The van der Waals surface area contributed by atoms with Gasteiger partial charge in [-0.1, -0.05) is 36.5 Å². The van der Waals surface area contributed by atoms with Gasteiger partial charge in [0.15, 0.2) is 0 Å². The first kappa shape index (κ1) is 17.0. The lowest BCUT2D eigenvalue weighted by atomic mass is 10.1. The van der Waals surface area contributed by atoms with Crippen LogP contribution in [0.1, 0.15) is 25.3 Å². The molecule has 0 saturated carbocycles. The second kappa shape index (κ2) is 6.84. The molecular formula is C14H20Cl2N2O2S. The number of halogens is 2. The highest BCUT2D eigenvalue weighted by atomic mass is 35.5. The molecule has 1 atom stereocenters. The summed E-state index contributed by atoms with van der Waals surface area (Å²) in [5, 5.41) is 3.61. The largest absolute Gasteiger partial charge is 0.316 e. The van der Waals surface area contributed by atoms with E-state index in [1.807, 2.05) is 0 Å². The van der Waals surface area contributed by atoms with Crippen LogP contribution in [0.5, 0.6) is 0 Å². The molecule has 4 nitrogen and oxygen atoms in total. The highest BCUT2D eigenvalue weighted by molar-refractivity contribution is 7.89. The van der Waals surface area contributed by atoms with Crippen LogP contribution in [0.2, 0.25) is 10.0 Å². The van der Waals surface area contributed by atoms with Gasteiger partial charge in [-0.05, 0) is 37.1 Å². The number of benzene rings is 1. The minimum Gasteiger partial charge on any atom is -0.316 e. The summed E-state index contributed by atoms with van der Waals surface area (Å²) in [6.45, 7) is 3.66. The van der Waals surface area contributed by atoms with Crippen molar-refractivity contribution in [2.24, 2.45) is 5.92 Å². The summed E-state index contributed by atoms with van der Waals surface area (Å²) in [4.78, 5) is 0.110. The topological polar surface area (TPSA) is 49.4 Å². The van der Waals surface area contributed by atoms with Crippen molar-refractivity contribution in [2.75, 3.05) is 20.1 Å². The van der Waals surface area contributed by atoms with Gasteiger partial charge in [-0.2, -0.15) is 4.31 Å². The fourth-order valence-electron chi connectivity index (χ4n) is 2.61. The van der Waals surface area contributed by atoms with Gasteiger partial charge >= 0.3 is 0 Å². The molecule has 1 aromatic carbocycles. The lowest BCUT2D eigenvalue weighted by molar-refractivity contribution is 0.453. The maximum absolute atomic E-state index is 12.8. The second-order valence-corrected chi connectivity index (χ2v) is 8.05. The standard InChI is InChI=1S/C14H20Cl2N2O2S/c1-3-10-4-5-18(9-10)21(19,20)13-7-12(15)6-11(8-17-2)14(13)16/h6-7,10,17H,3-5,8-9H2,1-2H3. The zero-order valence-electron chi connectivity index (χ0n) is 12.2. The Morgan fingerprint density at radius 1 is 1.38 bits per heavy atom. The van der Waals surface area contributed by atoms with Gasteiger partial charge in [-0.15, -0.1) is 0 Å². The minimum atomic E-state index is -3.59. The molecule has 1 fully saturated rings. The first-order valence-electron chi connectivity index (χ1n) is 7.02. The molecule has 2 rings (SSSR count). The lowest BCUT2D eigenvalue weighted by Crippen LogP contribution is -2.29. The Morgan fingerprint density at radius 3 is 2.67 bits per heavy atom. The number of rotatable bonds is 5. The van der Waals surface area contributed by atoms with Crippen LogP contribution in [0.15, 0.2) is 17.0 Å². The zero-order valence-corrected chi connectivity index (χ0v) is 14.5. The fourth-order valence-corrected chi connectivity index (χ4v) is 5.05. The van der Waals surface area contributed by atoms with Crippen molar-refractivity contribution in [3.8, 4) is 0 Å². The minimum absolute atomic E-state index is 0.110. The van der Waals surface area contributed by atoms with E-state index in [9.17, 15) is 8.42 Å². The zero-order chi connectivity index (χ0) is 15.6. The number of nitrogens with zero attached hydrogens (tertiary/aromatic N) is 1. The van der Waals surface area contributed by atoms with E-state index in [4.69, 9.17) is 23.2 Å². The van der Waals surface area contributed by atoms with Crippen LogP contribution in [0, 0.1) is 5.92 Å². The van der Waals surface area contributed by atoms with Gasteiger partial charge in [0, 0.05) is 24.7 Å². The number of hydrogen-bond donors (Lipinski definition) is 1. The molecule has 1 aromatic rings. The molecule has 0 bridgehead atoms. The predicted octanol–water partition coefficient (Wildman–Crippen LogP) is 3.13. The third kappa shape index (κ3) is 3.54. The molecule has 1 saturated heterocycles. The first-order chi connectivity index (χ1) is 9.90. The molecular weight excluding hydrogens is 331 g/mol. The van der Waals surface area contributed by atoms with Gasteiger partial charge in [-0.3, -0.25) is 0 Å². The number of nitrogens with one attached hydrogen (secondary N) is 1. The summed E-state index contributed by atoms with van der Waals surface area (Å²) >= 11 is 12.3. The number of hydrogen-bond acceptors (Lipinski definition) is 3. The van der Waals surface area contributed by atoms with Gasteiger partial charge < -0.3 is 5.32 Å². The maximum Gasteiger partial charge on any atom is 0.244 e. The molecule has 1 unspecified atom stereocenters. The molecule has 0 amide bonds. The van der Waals surface area contributed by atoms with Crippen molar-refractivity contribution in [3.63, 3.8) is 0 Å². The fraction of sp³-hybridized carbons (Fsp3) is 0.571. The van der Waals surface area contributed by atoms with Crippen LogP contribution in [0.4, 0.5) is 0 Å². The molecule has 21 heavy (non-hydrogen) atoms. The van der Waals surface area contributed by atoms with Crippen LogP contribution in [0.25, 0.3) is 0 Å². The molecule has 1 heterocycles. The molecule has 0 aromatic heterocycles. The monoisotopic (exact) mass is 350 g/mol. The summed E-state index contributed by atoms with van der Waals surface area (Å²) < 4.78 is 27.1. The molecule has 7 heteroatoms. The molecule has 0 spiro atoms. The molecule has 1 aliphatic rings. The first-order valence-corrected chi connectivity index (χ1v) is 9.22. The molecule has 1 N–H and O–H groups in total. The maximum atomic E-state index is 12.8. The van der Waals surface area contributed by atoms with Crippen LogP contribution < -0.4 is 5.32 Å². The Balaban J connectivity index is 2.40. The van der Waals surface area contributed by atoms with Crippen molar-refractivity contribution in [2.45, 2.75) is 31.2 Å². The van der Waals surface area contributed by atoms with Crippen LogP contribution >= 0.6 is 23.2 Å². The van der Waals surface area contributed by atoms with E-state index < -0.39 is 10.0 Å². The van der Waals surface area contributed by atoms with Gasteiger partial charge in [0.05, 0.1) is 5.02 Å². The Morgan fingerprint density at radius 2 is 2.10 bits per heavy atom. The second-order valence-electron chi connectivity index (χ2n) is 5.33. The van der Waals surface area contributed by atoms with Crippen LogP contribution in [-0.2, 0) is 16.6 Å². The van der Waals surface area contributed by atoms with E-state index in [1.54, 1.807) is 13.1 Å². The average molecular weight is 351 g/mol. The Labute approximate surface area is 136 Å². The van der Waals surface area contributed by atoms with Crippen LogP contribution in [0.3, 0.4) is 0 Å². The average Bonchev–Trinajstić information content (AvgIpc) is 2.92. The quantitative estimate of drug-likeness (QED) is 0.887. The van der Waals surface area contributed by atoms with E-state index in [1.165, 1.54) is 10.4 Å². The summed E-state index contributed by atoms with van der Waals surface area (Å²) in [5.41, 5.74) is 0.691. The van der Waals surface area contributed by atoms with E-state index in [0.717, 1.165) is 12.8 Å². The van der Waals surface area contributed by atoms with Crippen molar-refractivity contribution >= 4 is 33.2 Å². The number of sulfonamides is 1. The van der Waals surface area contributed by atoms with Crippen molar-refractivity contribution in [1.29, 1.82) is 0 Å². The van der Waals surface area contributed by atoms with E-state index in [0.29, 0.717) is 36.1 Å². The third-order valence-electron chi connectivity index (χ3n) is 3.89. The Kier molecular flexibility index (Phi) is 5.54. The molecule has 0 aliphatic carbocycles. The van der Waals surface area contributed by atoms with Gasteiger partial charge in [0.2, 0.25) is 10.0 Å². The summed E-state index contributed by atoms with van der Waals surface area (Å²) in [6.07, 6.45) is 1.89. The van der Waals surface area contributed by atoms with Crippen molar-refractivity contribution < 1.29 is 8.42 Å². The van der Waals surface area contributed by atoms with Crippen molar-refractivity contribution in [1.82, 2.24) is 9.62 Å². The SMILES string of the molecule is CCC1CCN(S(=O)(=O)c2cc(Cl)cc(CNC)c2Cl)C1. The molecule has 0 radical (unpaired) electrons. The Hall–Kier alpha value is -0.330. The van der Waals surface area contributed by atoms with Gasteiger partial charge in [0.1, 0.15) is 4.90 Å². The third-order valence-corrected chi connectivity index (χ3v) is 6.56. The molecule has 1 aliphatic heterocycles. The highest BCUT2D eigenvalue weighted by Crippen LogP contribution is 2.34. The predicted molar refractivity (Wildman–Crippen MR) is 86.4 cm³/mol. The van der Waals surface area contributed by atoms with E-state index >= 15 is 0 Å². The molecule has 118 valence electrons. The smallest absolute Gasteiger partial charge is 0.244 e.